The maximum Gasteiger partial charge on any atom is 0.123 e. The van der Waals surface area contributed by atoms with Crippen LogP contribution in [0.1, 0.15) is 24.0 Å². The van der Waals surface area contributed by atoms with Crippen LogP contribution >= 0.6 is 0 Å². The number of nitrogens with one attached hydrogen (secondary N) is 1. The fourth-order valence-electron chi connectivity index (χ4n) is 2.96. The van der Waals surface area contributed by atoms with Gasteiger partial charge in [-0.15, -0.1) is 0 Å². The van der Waals surface area contributed by atoms with E-state index in [1.807, 2.05) is 18.2 Å². The number of likely N-dealkylation sites (tertiary alicyclic amines) is 1. The standard InChI is InChI=1S/C16H26N4/c1-19-9-7-13(8-10-19)11-20(2)12-14-5-3-4-6-15(14)16(17)18/h3-6,13H,7-12H2,1-2H3,(H3,17,18). The zero-order valence-corrected chi connectivity index (χ0v) is 12.6. The molecule has 110 valence electrons. The van der Waals surface area contributed by atoms with Crippen LogP contribution in [0.2, 0.25) is 0 Å². The van der Waals surface area contributed by atoms with Crippen molar-refractivity contribution in [2.45, 2.75) is 19.4 Å². The molecule has 1 saturated heterocycles. The Balaban J connectivity index is 1.91. The van der Waals surface area contributed by atoms with Crippen molar-refractivity contribution in [1.29, 1.82) is 5.41 Å². The van der Waals surface area contributed by atoms with Crippen LogP contribution in [-0.4, -0.2) is 49.4 Å². The quantitative estimate of drug-likeness (QED) is 0.635. The molecule has 0 atom stereocenters. The predicted octanol–water partition coefficient (Wildman–Crippen LogP) is 1.74. The third-order valence-electron chi connectivity index (χ3n) is 4.16. The lowest BCUT2D eigenvalue weighted by atomic mass is 9.96. The molecule has 4 heteroatoms. The lowest BCUT2D eigenvalue weighted by Crippen LogP contribution is -2.35. The van der Waals surface area contributed by atoms with Gasteiger partial charge in [-0.25, -0.2) is 0 Å². The van der Waals surface area contributed by atoms with E-state index in [-0.39, 0.29) is 5.84 Å². The molecule has 1 aliphatic rings. The molecule has 0 spiro atoms. The van der Waals surface area contributed by atoms with Crippen LogP contribution in [0.15, 0.2) is 24.3 Å². The number of benzene rings is 1. The number of nitrogens with zero attached hydrogens (tertiary/aromatic N) is 2. The summed E-state index contributed by atoms with van der Waals surface area (Å²) in [5, 5.41) is 7.65. The van der Waals surface area contributed by atoms with Crippen LogP contribution in [0.4, 0.5) is 0 Å². The third kappa shape index (κ3) is 4.05. The van der Waals surface area contributed by atoms with Gasteiger partial charge in [0.2, 0.25) is 0 Å². The highest BCUT2D eigenvalue weighted by Crippen LogP contribution is 2.18. The molecule has 1 aliphatic heterocycles. The minimum Gasteiger partial charge on any atom is -0.384 e. The van der Waals surface area contributed by atoms with Crippen molar-refractivity contribution in [3.63, 3.8) is 0 Å². The fraction of sp³-hybridized carbons (Fsp3) is 0.562. The minimum atomic E-state index is 0.160. The number of hydrogen-bond donors (Lipinski definition) is 2. The Hall–Kier alpha value is -1.39. The first-order valence-corrected chi connectivity index (χ1v) is 7.35. The molecule has 2 rings (SSSR count). The summed E-state index contributed by atoms with van der Waals surface area (Å²) < 4.78 is 0. The van der Waals surface area contributed by atoms with E-state index in [4.69, 9.17) is 11.1 Å². The summed E-state index contributed by atoms with van der Waals surface area (Å²) in [4.78, 5) is 4.76. The minimum absolute atomic E-state index is 0.160. The number of amidine groups is 1. The largest absolute Gasteiger partial charge is 0.384 e. The molecule has 0 aliphatic carbocycles. The second-order valence-electron chi connectivity index (χ2n) is 6.01. The number of nitrogens with two attached hydrogens (primary N) is 1. The van der Waals surface area contributed by atoms with Crippen molar-refractivity contribution in [1.82, 2.24) is 9.80 Å². The molecular weight excluding hydrogens is 248 g/mol. The van der Waals surface area contributed by atoms with Crippen LogP contribution in [0, 0.1) is 11.3 Å². The van der Waals surface area contributed by atoms with Crippen molar-refractivity contribution >= 4 is 5.84 Å². The monoisotopic (exact) mass is 274 g/mol. The van der Waals surface area contributed by atoms with E-state index < -0.39 is 0 Å². The molecule has 1 heterocycles. The molecule has 1 aromatic carbocycles. The van der Waals surface area contributed by atoms with Crippen molar-refractivity contribution < 1.29 is 0 Å². The van der Waals surface area contributed by atoms with Crippen LogP contribution in [0.3, 0.4) is 0 Å². The Morgan fingerprint density at radius 3 is 2.65 bits per heavy atom. The Labute approximate surface area is 122 Å². The van der Waals surface area contributed by atoms with Gasteiger partial charge in [0, 0.05) is 18.7 Å². The Morgan fingerprint density at radius 1 is 1.35 bits per heavy atom. The summed E-state index contributed by atoms with van der Waals surface area (Å²) in [6, 6.07) is 7.96. The van der Waals surface area contributed by atoms with Gasteiger partial charge in [-0.1, -0.05) is 24.3 Å². The smallest absolute Gasteiger partial charge is 0.123 e. The fourth-order valence-corrected chi connectivity index (χ4v) is 2.96. The summed E-state index contributed by atoms with van der Waals surface area (Å²) in [7, 11) is 4.36. The second-order valence-corrected chi connectivity index (χ2v) is 6.01. The molecule has 0 saturated carbocycles. The maximum absolute atomic E-state index is 7.65. The molecule has 0 unspecified atom stereocenters. The topological polar surface area (TPSA) is 56.4 Å². The Bertz CT molecular complexity index is 450. The zero-order valence-electron chi connectivity index (χ0n) is 12.6. The highest BCUT2D eigenvalue weighted by Gasteiger charge is 2.18. The number of rotatable bonds is 5. The van der Waals surface area contributed by atoms with Gasteiger partial charge in [-0.05, 0) is 51.5 Å². The molecular formula is C16H26N4. The van der Waals surface area contributed by atoms with Gasteiger partial charge in [0.1, 0.15) is 5.84 Å². The molecule has 4 nitrogen and oxygen atoms in total. The summed E-state index contributed by atoms with van der Waals surface area (Å²) in [5.74, 6) is 0.953. The van der Waals surface area contributed by atoms with Crippen molar-refractivity contribution in [3.05, 3.63) is 35.4 Å². The highest BCUT2D eigenvalue weighted by atomic mass is 15.1. The maximum atomic E-state index is 7.65. The molecule has 3 N–H and O–H groups in total. The number of hydrogen-bond acceptors (Lipinski definition) is 3. The average molecular weight is 274 g/mol. The summed E-state index contributed by atoms with van der Waals surface area (Å²) >= 11 is 0. The van der Waals surface area contributed by atoms with Gasteiger partial charge in [-0.2, -0.15) is 0 Å². The van der Waals surface area contributed by atoms with Gasteiger partial charge < -0.3 is 15.5 Å². The van der Waals surface area contributed by atoms with Crippen LogP contribution in [0.5, 0.6) is 0 Å². The Morgan fingerprint density at radius 2 is 2.00 bits per heavy atom. The van der Waals surface area contributed by atoms with Gasteiger partial charge in [-0.3, -0.25) is 5.41 Å². The molecule has 0 aromatic heterocycles. The van der Waals surface area contributed by atoms with Crippen LogP contribution < -0.4 is 5.73 Å². The lowest BCUT2D eigenvalue weighted by molar-refractivity contribution is 0.173. The molecule has 20 heavy (non-hydrogen) atoms. The van der Waals surface area contributed by atoms with Gasteiger partial charge in [0.15, 0.2) is 0 Å². The van der Waals surface area contributed by atoms with E-state index in [0.717, 1.165) is 30.1 Å². The molecule has 0 radical (unpaired) electrons. The molecule has 1 fully saturated rings. The van der Waals surface area contributed by atoms with E-state index >= 15 is 0 Å². The number of nitrogen functional groups attached to an aromatic ring is 1. The third-order valence-corrected chi connectivity index (χ3v) is 4.16. The van der Waals surface area contributed by atoms with Gasteiger partial charge in [0.25, 0.3) is 0 Å². The first-order chi connectivity index (χ1) is 9.56. The lowest BCUT2D eigenvalue weighted by Gasteiger charge is -2.31. The van der Waals surface area contributed by atoms with Crippen molar-refractivity contribution in [3.8, 4) is 0 Å². The van der Waals surface area contributed by atoms with E-state index in [1.54, 1.807) is 0 Å². The van der Waals surface area contributed by atoms with Crippen molar-refractivity contribution in [2.75, 3.05) is 33.7 Å². The molecule has 1 aromatic rings. The molecule has 0 amide bonds. The summed E-state index contributed by atoms with van der Waals surface area (Å²) in [5.41, 5.74) is 7.66. The predicted molar refractivity (Wildman–Crippen MR) is 84.0 cm³/mol. The van der Waals surface area contributed by atoms with E-state index in [0.29, 0.717) is 0 Å². The first kappa shape index (κ1) is 15.0. The van der Waals surface area contributed by atoms with Gasteiger partial charge >= 0.3 is 0 Å². The van der Waals surface area contributed by atoms with E-state index in [9.17, 15) is 0 Å². The highest BCUT2D eigenvalue weighted by molar-refractivity contribution is 5.96. The molecule has 0 bridgehead atoms. The van der Waals surface area contributed by atoms with Crippen LogP contribution in [-0.2, 0) is 6.54 Å². The SMILES string of the molecule is CN1CCC(CN(C)Cc2ccccc2C(=N)N)CC1. The van der Waals surface area contributed by atoms with Crippen LogP contribution in [0.25, 0.3) is 0 Å². The second kappa shape index (κ2) is 6.86. The van der Waals surface area contributed by atoms with E-state index in [2.05, 4.69) is 30.0 Å². The number of piperidine rings is 1. The normalized spacial score (nSPS) is 17.6. The van der Waals surface area contributed by atoms with E-state index in [1.165, 1.54) is 25.9 Å². The Kier molecular flexibility index (Phi) is 5.15. The zero-order chi connectivity index (χ0) is 14.5. The van der Waals surface area contributed by atoms with Crippen molar-refractivity contribution in [2.24, 2.45) is 11.7 Å². The summed E-state index contributed by atoms with van der Waals surface area (Å²) in [6.45, 7) is 4.41. The average Bonchev–Trinajstić information content (AvgIpc) is 2.41. The first-order valence-electron chi connectivity index (χ1n) is 7.35. The summed E-state index contributed by atoms with van der Waals surface area (Å²) in [6.07, 6.45) is 2.57. The van der Waals surface area contributed by atoms with Gasteiger partial charge in [0.05, 0.1) is 0 Å².